The molecule has 4 heteroatoms. The maximum absolute atomic E-state index is 11.7. The Morgan fingerprint density at radius 2 is 2.10 bits per heavy atom. The average molecular weight is 274 g/mol. The predicted octanol–water partition coefficient (Wildman–Crippen LogP) is 2.59. The van der Waals surface area contributed by atoms with Gasteiger partial charge in [0.25, 0.3) is 0 Å². The van der Waals surface area contributed by atoms with Gasteiger partial charge in [-0.05, 0) is 24.1 Å². The molecule has 20 heavy (non-hydrogen) atoms. The van der Waals surface area contributed by atoms with Gasteiger partial charge in [0, 0.05) is 17.8 Å². The lowest BCUT2D eigenvalue weighted by Crippen LogP contribution is -2.38. The maximum Gasteiger partial charge on any atom is 0.319 e. The molecule has 0 bridgehead atoms. The summed E-state index contributed by atoms with van der Waals surface area (Å²) in [6, 6.07) is 6.71. The van der Waals surface area contributed by atoms with Crippen molar-refractivity contribution in [3.63, 3.8) is 0 Å². The third kappa shape index (κ3) is 4.94. The van der Waals surface area contributed by atoms with Crippen molar-refractivity contribution in [2.24, 2.45) is 5.92 Å². The van der Waals surface area contributed by atoms with E-state index >= 15 is 0 Å². The normalized spacial score (nSPS) is 11.8. The fraction of sp³-hybridized carbons (Fsp3) is 0.438. The van der Waals surface area contributed by atoms with E-state index in [0.717, 1.165) is 12.8 Å². The molecule has 0 aliphatic rings. The number of carbonyl (C=O) groups is 1. The molecule has 1 aromatic rings. The quantitative estimate of drug-likeness (QED) is 0.698. The number of aliphatic hydroxyl groups is 1. The van der Waals surface area contributed by atoms with Gasteiger partial charge in [0.1, 0.15) is 0 Å². The molecule has 1 rings (SSSR count). The third-order valence-electron chi connectivity index (χ3n) is 3.35. The summed E-state index contributed by atoms with van der Waals surface area (Å²) in [5, 5.41) is 15.3. The van der Waals surface area contributed by atoms with Gasteiger partial charge >= 0.3 is 6.03 Å². The van der Waals surface area contributed by atoms with E-state index in [1.54, 1.807) is 24.3 Å². The van der Waals surface area contributed by atoms with Crippen LogP contribution in [0.2, 0.25) is 0 Å². The van der Waals surface area contributed by atoms with E-state index in [0.29, 0.717) is 11.3 Å². The fourth-order valence-corrected chi connectivity index (χ4v) is 2.06. The van der Waals surface area contributed by atoms with Crippen LogP contribution < -0.4 is 10.6 Å². The highest BCUT2D eigenvalue weighted by molar-refractivity contribution is 5.89. The summed E-state index contributed by atoms with van der Waals surface area (Å²) in [5.41, 5.74) is 1.34. The second-order valence-electron chi connectivity index (χ2n) is 4.70. The van der Waals surface area contributed by atoms with Crippen LogP contribution in [0.5, 0.6) is 0 Å². The molecule has 0 radical (unpaired) electrons. The van der Waals surface area contributed by atoms with Gasteiger partial charge in [-0.1, -0.05) is 38.7 Å². The van der Waals surface area contributed by atoms with Gasteiger partial charge in [0.2, 0.25) is 0 Å². The molecule has 0 spiro atoms. The first-order valence-corrected chi connectivity index (χ1v) is 6.90. The van der Waals surface area contributed by atoms with Crippen molar-refractivity contribution in [1.82, 2.24) is 5.32 Å². The monoisotopic (exact) mass is 274 g/mol. The highest BCUT2D eigenvalue weighted by atomic mass is 16.3. The van der Waals surface area contributed by atoms with Crippen LogP contribution >= 0.6 is 0 Å². The Balaban J connectivity index is 2.46. The molecule has 0 saturated heterocycles. The molecule has 3 N–H and O–H groups in total. The van der Waals surface area contributed by atoms with Crippen molar-refractivity contribution in [3.05, 3.63) is 29.8 Å². The predicted molar refractivity (Wildman–Crippen MR) is 81.5 cm³/mol. The Kier molecular flexibility index (Phi) is 6.61. The van der Waals surface area contributed by atoms with Crippen molar-refractivity contribution < 1.29 is 9.90 Å². The van der Waals surface area contributed by atoms with Crippen molar-refractivity contribution in [1.29, 1.82) is 0 Å². The molecule has 0 aromatic heterocycles. The van der Waals surface area contributed by atoms with Gasteiger partial charge in [-0.15, -0.1) is 6.42 Å². The van der Waals surface area contributed by atoms with E-state index in [2.05, 4.69) is 16.6 Å². The third-order valence-corrected chi connectivity index (χ3v) is 3.35. The van der Waals surface area contributed by atoms with E-state index in [1.165, 1.54) is 0 Å². The number of hydrogen-bond acceptors (Lipinski definition) is 2. The first-order valence-electron chi connectivity index (χ1n) is 6.90. The highest BCUT2D eigenvalue weighted by Gasteiger charge is 2.16. The van der Waals surface area contributed by atoms with E-state index in [-0.39, 0.29) is 18.5 Å². The van der Waals surface area contributed by atoms with Crippen LogP contribution in [-0.4, -0.2) is 23.8 Å². The minimum Gasteiger partial charge on any atom is -0.391 e. The number of amides is 2. The summed E-state index contributed by atoms with van der Waals surface area (Å²) < 4.78 is 0. The molecule has 1 unspecified atom stereocenters. The second-order valence-corrected chi connectivity index (χ2v) is 4.70. The highest BCUT2D eigenvalue weighted by Crippen LogP contribution is 2.12. The first kappa shape index (κ1) is 16.1. The number of aliphatic hydroxyl groups excluding tert-OH is 1. The lowest BCUT2D eigenvalue weighted by molar-refractivity contribution is 0.104. The van der Waals surface area contributed by atoms with Gasteiger partial charge in [-0.25, -0.2) is 4.79 Å². The molecular weight excluding hydrogens is 252 g/mol. The Morgan fingerprint density at radius 1 is 1.40 bits per heavy atom. The Labute approximate surface area is 120 Å². The molecule has 0 fully saturated rings. The fourth-order valence-electron chi connectivity index (χ4n) is 2.06. The number of urea groups is 1. The maximum atomic E-state index is 11.7. The smallest absolute Gasteiger partial charge is 0.319 e. The van der Waals surface area contributed by atoms with E-state index in [9.17, 15) is 9.90 Å². The van der Waals surface area contributed by atoms with Crippen LogP contribution in [0.1, 0.15) is 32.3 Å². The molecule has 1 atom stereocenters. The zero-order chi connectivity index (χ0) is 15.0. The lowest BCUT2D eigenvalue weighted by Gasteiger charge is -2.20. The largest absolute Gasteiger partial charge is 0.391 e. The molecule has 0 aliphatic carbocycles. The Hall–Kier alpha value is -1.99. The standard InChI is InChI=1S/C16H22N2O2/c1-4-12-8-7-9-14(10-12)18-16(20)17-11-15(19)13(5-2)6-3/h1,7-10,13,15,19H,5-6,11H2,2-3H3,(H2,17,18,20). The van der Waals surface area contributed by atoms with Crippen LogP contribution in [0, 0.1) is 18.3 Å². The van der Waals surface area contributed by atoms with Crippen molar-refractivity contribution >= 4 is 11.7 Å². The van der Waals surface area contributed by atoms with Crippen LogP contribution in [0.25, 0.3) is 0 Å². The minimum atomic E-state index is -0.521. The number of rotatable bonds is 6. The lowest BCUT2D eigenvalue weighted by atomic mass is 9.97. The average Bonchev–Trinajstić information content (AvgIpc) is 2.46. The number of hydrogen-bond donors (Lipinski definition) is 3. The van der Waals surface area contributed by atoms with Gasteiger partial charge in [-0.3, -0.25) is 0 Å². The SMILES string of the molecule is C#Cc1cccc(NC(=O)NCC(O)C(CC)CC)c1. The summed E-state index contributed by atoms with van der Waals surface area (Å²) in [4.78, 5) is 11.7. The first-order chi connectivity index (χ1) is 9.60. The zero-order valence-electron chi connectivity index (χ0n) is 12.0. The van der Waals surface area contributed by atoms with E-state index in [4.69, 9.17) is 6.42 Å². The van der Waals surface area contributed by atoms with Gasteiger partial charge in [-0.2, -0.15) is 0 Å². The second kappa shape index (κ2) is 8.23. The van der Waals surface area contributed by atoms with Crippen LogP contribution in [0.15, 0.2) is 24.3 Å². The summed E-state index contributed by atoms with van der Waals surface area (Å²) in [7, 11) is 0. The minimum absolute atomic E-state index is 0.208. The van der Waals surface area contributed by atoms with E-state index < -0.39 is 6.10 Å². The van der Waals surface area contributed by atoms with Crippen LogP contribution in [0.4, 0.5) is 10.5 Å². The molecule has 4 nitrogen and oxygen atoms in total. The van der Waals surface area contributed by atoms with Crippen molar-refractivity contribution in [2.75, 3.05) is 11.9 Å². The summed E-state index contributed by atoms with van der Waals surface area (Å²) >= 11 is 0. The topological polar surface area (TPSA) is 61.4 Å². The molecule has 108 valence electrons. The number of benzene rings is 1. The molecule has 1 aromatic carbocycles. The Morgan fingerprint density at radius 3 is 2.70 bits per heavy atom. The molecule has 0 saturated carbocycles. The van der Waals surface area contributed by atoms with E-state index in [1.807, 2.05) is 13.8 Å². The number of carbonyl (C=O) groups excluding carboxylic acids is 1. The molecular formula is C16H22N2O2. The van der Waals surface area contributed by atoms with Crippen LogP contribution in [-0.2, 0) is 0 Å². The Bertz CT molecular complexity index is 476. The van der Waals surface area contributed by atoms with Gasteiger partial charge < -0.3 is 15.7 Å². The van der Waals surface area contributed by atoms with Crippen LogP contribution in [0.3, 0.4) is 0 Å². The number of anilines is 1. The molecule has 0 heterocycles. The number of nitrogens with one attached hydrogen (secondary N) is 2. The van der Waals surface area contributed by atoms with Gasteiger partial charge in [0.05, 0.1) is 6.10 Å². The summed E-state index contributed by atoms with van der Waals surface area (Å²) in [5.74, 6) is 2.72. The number of terminal acetylenes is 1. The molecule has 0 aliphatic heterocycles. The summed E-state index contributed by atoms with van der Waals surface area (Å²) in [6.07, 6.45) is 6.57. The molecule has 2 amide bonds. The van der Waals surface area contributed by atoms with Gasteiger partial charge in [0.15, 0.2) is 0 Å². The zero-order valence-corrected chi connectivity index (χ0v) is 12.0. The van der Waals surface area contributed by atoms with Crippen molar-refractivity contribution in [3.8, 4) is 12.3 Å². The summed E-state index contributed by atoms with van der Waals surface area (Å²) in [6.45, 7) is 4.30. The van der Waals surface area contributed by atoms with Crippen molar-refractivity contribution in [2.45, 2.75) is 32.8 Å².